The number of ether oxygens (including phenoxy) is 1. The topological polar surface area (TPSA) is 9.23 Å². The van der Waals surface area contributed by atoms with E-state index >= 15 is 22.0 Å². The fraction of sp³-hybridized carbons (Fsp3) is 0.333. The van der Waals surface area contributed by atoms with Crippen LogP contribution in [-0.4, -0.2) is 6.18 Å². The largest absolute Gasteiger partial charge is 0.429 e. The molecule has 1 fully saturated rings. The molecule has 0 aliphatic heterocycles. The summed E-state index contributed by atoms with van der Waals surface area (Å²) in [5.74, 6) is -5.92. The van der Waals surface area contributed by atoms with E-state index in [2.05, 4.69) is 6.92 Å². The predicted octanol–water partition coefficient (Wildman–Crippen LogP) is 13.3. The first-order valence-electron chi connectivity index (χ1n) is 16.4. The molecule has 11 heteroatoms. The van der Waals surface area contributed by atoms with E-state index in [0.29, 0.717) is 29.7 Å². The lowest BCUT2D eigenvalue weighted by Crippen LogP contribution is -2.24. The molecular weight excluding hydrogens is 674 g/mol. The monoisotopic (exact) mass is 708 g/mol. The van der Waals surface area contributed by atoms with E-state index in [1.54, 1.807) is 0 Å². The van der Waals surface area contributed by atoms with E-state index in [1.165, 1.54) is 31.4 Å². The number of hydrogen-bond acceptors (Lipinski definition) is 1. The molecule has 0 unspecified atom stereocenters. The number of halogens is 10. The van der Waals surface area contributed by atoms with E-state index < -0.39 is 58.2 Å². The third kappa shape index (κ3) is 8.89. The minimum absolute atomic E-state index is 0.0654. The molecule has 5 rings (SSSR count). The highest BCUT2D eigenvalue weighted by Gasteiger charge is 2.38. The highest BCUT2D eigenvalue weighted by Crippen LogP contribution is 2.41. The Morgan fingerprint density at radius 2 is 1.28 bits per heavy atom. The van der Waals surface area contributed by atoms with E-state index in [1.807, 2.05) is 0 Å². The molecule has 0 N–H and O–H groups in total. The quantitative estimate of drug-likeness (QED) is 0.111. The van der Waals surface area contributed by atoms with Gasteiger partial charge in [-0.25, -0.2) is 22.0 Å². The second-order valence-electron chi connectivity index (χ2n) is 12.6. The number of benzene rings is 4. The van der Waals surface area contributed by atoms with Crippen LogP contribution < -0.4 is 4.74 Å². The molecule has 4 aromatic carbocycles. The van der Waals surface area contributed by atoms with Gasteiger partial charge in [0.2, 0.25) is 0 Å². The maximum Gasteiger partial charge on any atom is 0.429 e. The van der Waals surface area contributed by atoms with Crippen molar-refractivity contribution in [2.24, 2.45) is 5.92 Å². The van der Waals surface area contributed by atoms with E-state index in [9.17, 15) is 22.0 Å². The first kappa shape index (κ1) is 37.0. The fourth-order valence-electron chi connectivity index (χ4n) is 6.48. The van der Waals surface area contributed by atoms with Gasteiger partial charge in [-0.2, -0.15) is 22.0 Å². The zero-order chi connectivity index (χ0) is 36.2. The number of rotatable bonds is 11. The Bertz CT molecular complexity index is 1810. The van der Waals surface area contributed by atoms with Crippen molar-refractivity contribution in [1.82, 2.24) is 0 Å². The Morgan fingerprint density at radius 1 is 0.660 bits per heavy atom. The first-order chi connectivity index (χ1) is 23.6. The van der Waals surface area contributed by atoms with Gasteiger partial charge in [-0.15, -0.1) is 0 Å². The van der Waals surface area contributed by atoms with Crippen LogP contribution >= 0.6 is 0 Å². The molecule has 1 aliphatic rings. The minimum Gasteiger partial charge on any atom is -0.429 e. The summed E-state index contributed by atoms with van der Waals surface area (Å²) in [4.78, 5) is 0. The summed E-state index contributed by atoms with van der Waals surface area (Å²) < 4.78 is 146. The molecule has 0 heterocycles. The maximum absolute atomic E-state index is 15.1. The summed E-state index contributed by atoms with van der Waals surface area (Å²) in [7, 11) is 0. The van der Waals surface area contributed by atoms with Crippen molar-refractivity contribution in [2.75, 3.05) is 0 Å². The van der Waals surface area contributed by atoms with Gasteiger partial charge >= 0.3 is 12.3 Å². The molecule has 50 heavy (non-hydrogen) atoms. The van der Waals surface area contributed by atoms with Crippen molar-refractivity contribution in [3.63, 3.8) is 0 Å². The second-order valence-corrected chi connectivity index (χ2v) is 12.6. The lowest BCUT2D eigenvalue weighted by molar-refractivity contribution is -0.187. The van der Waals surface area contributed by atoms with Crippen LogP contribution in [0.1, 0.15) is 80.9 Å². The summed E-state index contributed by atoms with van der Waals surface area (Å²) in [6.07, 6.45) is -0.638. The van der Waals surface area contributed by atoms with Crippen LogP contribution in [0.3, 0.4) is 0 Å². The molecule has 4 aromatic rings. The van der Waals surface area contributed by atoms with Gasteiger partial charge in [-0.1, -0.05) is 50.8 Å². The van der Waals surface area contributed by atoms with Crippen molar-refractivity contribution < 1.29 is 48.6 Å². The SMILES string of the molecule is CCCCCC1CCC(c2ccc(C(F)(F)Oc3ccc(-c4ccc(-c5cc(F)c(C=CC(F)(F)F)c(F)c5)c(F)c4)c(F)c3)c(F)c2)CC1. The molecule has 0 aromatic heterocycles. The van der Waals surface area contributed by atoms with Crippen LogP contribution in [0.2, 0.25) is 0 Å². The van der Waals surface area contributed by atoms with Gasteiger partial charge in [0, 0.05) is 28.8 Å². The van der Waals surface area contributed by atoms with Crippen molar-refractivity contribution >= 4 is 6.08 Å². The molecule has 1 saturated carbocycles. The number of hydrogen-bond donors (Lipinski definition) is 0. The molecule has 0 radical (unpaired) electrons. The second kappa shape index (κ2) is 15.3. The Labute approximate surface area is 283 Å². The Hall–Kier alpha value is -4.28. The lowest BCUT2D eigenvalue weighted by atomic mass is 9.77. The van der Waals surface area contributed by atoms with Crippen LogP contribution in [0.15, 0.2) is 72.8 Å². The molecule has 0 saturated heterocycles. The van der Waals surface area contributed by atoms with Crippen molar-refractivity contribution in [1.29, 1.82) is 0 Å². The van der Waals surface area contributed by atoms with Crippen LogP contribution in [0.5, 0.6) is 5.75 Å². The summed E-state index contributed by atoms with van der Waals surface area (Å²) in [6.45, 7) is 2.16. The van der Waals surface area contributed by atoms with Gasteiger partial charge in [-0.05, 0) is 103 Å². The average Bonchev–Trinajstić information content (AvgIpc) is 3.04. The van der Waals surface area contributed by atoms with Crippen LogP contribution in [0.4, 0.5) is 43.9 Å². The molecule has 0 atom stereocenters. The van der Waals surface area contributed by atoms with Gasteiger partial charge < -0.3 is 4.74 Å². The zero-order valence-electron chi connectivity index (χ0n) is 27.0. The first-order valence-corrected chi connectivity index (χ1v) is 16.4. The summed E-state index contributed by atoms with van der Waals surface area (Å²) in [6, 6.07) is 10.7. The van der Waals surface area contributed by atoms with Crippen LogP contribution in [-0.2, 0) is 6.11 Å². The summed E-state index contributed by atoms with van der Waals surface area (Å²) in [5.41, 5.74) is -2.28. The van der Waals surface area contributed by atoms with Gasteiger partial charge in [0.1, 0.15) is 34.8 Å². The summed E-state index contributed by atoms with van der Waals surface area (Å²) in [5, 5.41) is 0. The third-order valence-electron chi connectivity index (χ3n) is 9.14. The highest BCUT2D eigenvalue weighted by molar-refractivity contribution is 5.73. The van der Waals surface area contributed by atoms with Crippen LogP contribution in [0.25, 0.3) is 28.3 Å². The Balaban J connectivity index is 1.27. The number of allylic oxidation sites excluding steroid dienone is 1. The molecule has 0 spiro atoms. The highest BCUT2D eigenvalue weighted by atomic mass is 19.4. The molecule has 1 nitrogen and oxygen atoms in total. The molecule has 0 bridgehead atoms. The van der Waals surface area contributed by atoms with Crippen molar-refractivity contribution in [3.8, 4) is 28.0 Å². The minimum atomic E-state index is -4.81. The smallest absolute Gasteiger partial charge is 0.429 e. The van der Waals surface area contributed by atoms with Gasteiger partial charge in [-0.3, -0.25) is 0 Å². The molecule has 266 valence electrons. The van der Waals surface area contributed by atoms with E-state index in [-0.39, 0.29) is 40.3 Å². The average molecular weight is 709 g/mol. The fourth-order valence-corrected chi connectivity index (χ4v) is 6.48. The van der Waals surface area contributed by atoms with Gasteiger partial charge in [0.15, 0.2) is 0 Å². The van der Waals surface area contributed by atoms with Crippen molar-refractivity contribution in [2.45, 2.75) is 76.5 Å². The Morgan fingerprint density at radius 3 is 1.88 bits per heavy atom. The van der Waals surface area contributed by atoms with Crippen molar-refractivity contribution in [3.05, 3.63) is 119 Å². The number of alkyl halides is 5. The normalized spacial score (nSPS) is 17.0. The van der Waals surface area contributed by atoms with Crippen LogP contribution in [0, 0.1) is 35.0 Å². The van der Waals surface area contributed by atoms with E-state index in [4.69, 9.17) is 4.74 Å². The van der Waals surface area contributed by atoms with Gasteiger partial charge in [0.25, 0.3) is 0 Å². The maximum atomic E-state index is 15.1. The predicted molar refractivity (Wildman–Crippen MR) is 172 cm³/mol. The standard InChI is InChI=1S/C39H34F10O/c1-2-3-4-5-23-6-8-24(9-7-23)25-11-15-32(37(44)18-25)39(48,49)50-28-12-14-29(36(43)22-28)26-10-13-30(33(40)19-26)27-20-34(41)31(35(42)21-27)16-17-38(45,46)47/h10-24H,2-9H2,1H3. The van der Waals surface area contributed by atoms with E-state index in [0.717, 1.165) is 68.5 Å². The summed E-state index contributed by atoms with van der Waals surface area (Å²) >= 11 is 0. The third-order valence-corrected chi connectivity index (χ3v) is 9.14. The van der Waals surface area contributed by atoms with Gasteiger partial charge in [0.05, 0.1) is 5.56 Å². The molecule has 1 aliphatic carbocycles. The number of unbranched alkanes of at least 4 members (excludes halogenated alkanes) is 2. The Kier molecular flexibility index (Phi) is 11.3. The zero-order valence-corrected chi connectivity index (χ0v) is 27.0. The lowest BCUT2D eigenvalue weighted by Gasteiger charge is -2.29. The molecule has 0 amide bonds. The molecular formula is C39H34F10O.